The molecule has 3 N–H and O–H groups in total. The Morgan fingerprint density at radius 2 is 1.71 bits per heavy atom. The molecule has 0 amide bonds. The highest BCUT2D eigenvalue weighted by atomic mass is 16.5. The van der Waals surface area contributed by atoms with Crippen LogP contribution in [0, 0.1) is 0 Å². The van der Waals surface area contributed by atoms with E-state index < -0.39 is 0 Å². The van der Waals surface area contributed by atoms with Gasteiger partial charge in [-0.15, -0.1) is 0 Å². The third kappa shape index (κ3) is 4.38. The van der Waals surface area contributed by atoms with Crippen molar-refractivity contribution in [2.24, 2.45) is 0 Å². The smallest absolute Gasteiger partial charge is 0.168 e. The number of rotatable bonds is 5. The van der Waals surface area contributed by atoms with Gasteiger partial charge in [0, 0.05) is 43.5 Å². The van der Waals surface area contributed by atoms with Crippen molar-refractivity contribution in [3.05, 3.63) is 67.0 Å². The number of allylic oxidation sites excluding steroid dienone is 1. The number of benzene rings is 2. The molecule has 3 heterocycles. The van der Waals surface area contributed by atoms with Crippen molar-refractivity contribution in [2.75, 3.05) is 31.9 Å². The van der Waals surface area contributed by atoms with Crippen molar-refractivity contribution >= 4 is 22.5 Å². The molecule has 2 aromatic heterocycles. The maximum Gasteiger partial charge on any atom is 0.168 e. The number of nitrogen functional groups attached to an aromatic ring is 1. The van der Waals surface area contributed by atoms with E-state index >= 15 is 0 Å². The second kappa shape index (κ2) is 9.48. The highest BCUT2D eigenvalue weighted by Gasteiger charge is 2.25. The summed E-state index contributed by atoms with van der Waals surface area (Å²) in [6.07, 6.45) is 6.94. The quantitative estimate of drug-likeness (QED) is 0.455. The standard InChI is InChI=1S/C27H29N7O/c28-26-24-25(19-6-12-23(13-7-19)35-22-4-2-1-3-5-22)32-34(27(24)31-18-30-26)21-10-8-20(9-11-21)33-16-14-29-15-17-33/h1-7,10,12-13,18,20,29H,8-9,11,14-17H2,(H2,28,30,31). The van der Waals surface area contributed by atoms with Crippen molar-refractivity contribution in [1.82, 2.24) is 30.0 Å². The van der Waals surface area contributed by atoms with Crippen LogP contribution in [0.25, 0.3) is 28.0 Å². The molecule has 8 nitrogen and oxygen atoms in total. The van der Waals surface area contributed by atoms with Gasteiger partial charge in [-0.2, -0.15) is 5.10 Å². The number of nitrogens with zero attached hydrogens (tertiary/aromatic N) is 5. The van der Waals surface area contributed by atoms with Crippen LogP contribution in [0.15, 0.2) is 67.0 Å². The molecule has 8 heteroatoms. The fraction of sp³-hybridized carbons (Fsp3) is 0.296. The summed E-state index contributed by atoms with van der Waals surface area (Å²) in [7, 11) is 0. The van der Waals surface area contributed by atoms with E-state index in [1.807, 2.05) is 59.3 Å². The van der Waals surface area contributed by atoms with Gasteiger partial charge in [-0.3, -0.25) is 4.90 Å². The molecule has 0 spiro atoms. The van der Waals surface area contributed by atoms with Gasteiger partial charge in [0.05, 0.1) is 5.39 Å². The van der Waals surface area contributed by atoms with Gasteiger partial charge in [-0.05, 0) is 55.7 Å². The van der Waals surface area contributed by atoms with Crippen LogP contribution in [-0.4, -0.2) is 56.9 Å². The summed E-state index contributed by atoms with van der Waals surface area (Å²) >= 11 is 0. The first-order valence-electron chi connectivity index (χ1n) is 12.2. The van der Waals surface area contributed by atoms with E-state index in [9.17, 15) is 0 Å². The fourth-order valence-corrected chi connectivity index (χ4v) is 5.06. The van der Waals surface area contributed by atoms with Crippen LogP contribution in [-0.2, 0) is 0 Å². The monoisotopic (exact) mass is 467 g/mol. The Balaban J connectivity index is 1.30. The fourth-order valence-electron chi connectivity index (χ4n) is 5.06. The number of hydrogen-bond acceptors (Lipinski definition) is 7. The van der Waals surface area contributed by atoms with E-state index in [-0.39, 0.29) is 0 Å². The normalized spacial score (nSPS) is 19.0. The van der Waals surface area contributed by atoms with Gasteiger partial charge in [0.15, 0.2) is 5.65 Å². The van der Waals surface area contributed by atoms with E-state index in [0.29, 0.717) is 11.9 Å². The van der Waals surface area contributed by atoms with Crippen molar-refractivity contribution < 1.29 is 4.74 Å². The molecule has 1 unspecified atom stereocenters. The second-order valence-electron chi connectivity index (χ2n) is 9.07. The topological polar surface area (TPSA) is 94.1 Å². The molecule has 1 aliphatic heterocycles. The van der Waals surface area contributed by atoms with Gasteiger partial charge in [-0.25, -0.2) is 14.6 Å². The number of piperazine rings is 1. The van der Waals surface area contributed by atoms with Crippen LogP contribution in [0.3, 0.4) is 0 Å². The summed E-state index contributed by atoms with van der Waals surface area (Å²) in [4.78, 5) is 11.4. The number of nitrogens with two attached hydrogens (primary N) is 1. The third-order valence-corrected chi connectivity index (χ3v) is 6.90. The molecule has 2 aliphatic rings. The van der Waals surface area contributed by atoms with Gasteiger partial charge < -0.3 is 15.8 Å². The van der Waals surface area contributed by atoms with Crippen LogP contribution in [0.2, 0.25) is 0 Å². The van der Waals surface area contributed by atoms with Gasteiger partial charge >= 0.3 is 0 Å². The molecule has 178 valence electrons. The highest BCUT2D eigenvalue weighted by Crippen LogP contribution is 2.35. The summed E-state index contributed by atoms with van der Waals surface area (Å²) in [6.45, 7) is 4.39. The number of fused-ring (bicyclic) bond motifs is 1. The molecule has 0 radical (unpaired) electrons. The number of ether oxygens (including phenoxy) is 1. The van der Waals surface area contributed by atoms with Gasteiger partial charge in [-0.1, -0.05) is 24.3 Å². The van der Waals surface area contributed by atoms with Gasteiger partial charge in [0.25, 0.3) is 0 Å². The predicted molar refractivity (Wildman–Crippen MR) is 138 cm³/mol. The molecular formula is C27H29N7O. The maximum absolute atomic E-state index is 6.33. The number of aromatic nitrogens is 4. The Labute approximate surface area is 204 Å². The molecule has 1 aliphatic carbocycles. The molecule has 0 saturated carbocycles. The number of nitrogens with one attached hydrogen (secondary N) is 1. The van der Waals surface area contributed by atoms with Crippen LogP contribution >= 0.6 is 0 Å². The Bertz CT molecular complexity index is 1340. The first-order chi connectivity index (χ1) is 17.3. The zero-order chi connectivity index (χ0) is 23.6. The molecular weight excluding hydrogens is 438 g/mol. The van der Waals surface area contributed by atoms with E-state index in [1.165, 1.54) is 12.0 Å². The third-order valence-electron chi connectivity index (χ3n) is 6.90. The minimum atomic E-state index is 0.441. The number of hydrogen-bond donors (Lipinski definition) is 2. The lowest BCUT2D eigenvalue weighted by molar-refractivity contribution is 0.163. The molecule has 2 aromatic carbocycles. The molecule has 35 heavy (non-hydrogen) atoms. The lowest BCUT2D eigenvalue weighted by atomic mass is 9.97. The van der Waals surface area contributed by atoms with Gasteiger partial charge in [0.2, 0.25) is 0 Å². The van der Waals surface area contributed by atoms with Crippen LogP contribution in [0.1, 0.15) is 19.3 Å². The summed E-state index contributed by atoms with van der Waals surface area (Å²) < 4.78 is 7.91. The van der Waals surface area contributed by atoms with Crippen molar-refractivity contribution in [2.45, 2.75) is 25.3 Å². The summed E-state index contributed by atoms with van der Waals surface area (Å²) in [5.41, 5.74) is 9.99. The van der Waals surface area contributed by atoms with E-state index in [0.717, 1.165) is 79.2 Å². The largest absolute Gasteiger partial charge is 0.457 e. The van der Waals surface area contributed by atoms with Crippen LogP contribution in [0.5, 0.6) is 11.5 Å². The lowest BCUT2D eigenvalue weighted by Crippen LogP contribution is -2.48. The summed E-state index contributed by atoms with van der Waals surface area (Å²) in [5.74, 6) is 2.01. The molecule has 4 aromatic rings. The zero-order valence-electron chi connectivity index (χ0n) is 19.6. The highest BCUT2D eigenvalue weighted by molar-refractivity contribution is 5.99. The average molecular weight is 468 g/mol. The maximum atomic E-state index is 6.33. The van der Waals surface area contributed by atoms with E-state index in [4.69, 9.17) is 15.6 Å². The SMILES string of the molecule is Nc1ncnc2c1c(-c1ccc(Oc3ccccc3)cc1)nn2C1=CCC(N2CCNCC2)CC1. The molecule has 1 atom stereocenters. The van der Waals surface area contributed by atoms with Crippen LogP contribution < -0.4 is 15.8 Å². The lowest BCUT2D eigenvalue weighted by Gasteiger charge is -2.36. The number of para-hydroxylation sites is 1. The predicted octanol–water partition coefficient (Wildman–Crippen LogP) is 4.17. The van der Waals surface area contributed by atoms with E-state index in [1.54, 1.807) is 0 Å². The Kier molecular flexibility index (Phi) is 5.89. The summed E-state index contributed by atoms with van der Waals surface area (Å²) in [6, 6.07) is 18.3. The molecule has 1 fully saturated rings. The second-order valence-corrected chi connectivity index (χ2v) is 9.07. The zero-order valence-corrected chi connectivity index (χ0v) is 19.6. The molecule has 6 rings (SSSR count). The minimum Gasteiger partial charge on any atom is -0.457 e. The first kappa shape index (κ1) is 21.8. The Morgan fingerprint density at radius 1 is 0.943 bits per heavy atom. The van der Waals surface area contributed by atoms with Crippen molar-refractivity contribution in [3.8, 4) is 22.8 Å². The van der Waals surface area contributed by atoms with Crippen molar-refractivity contribution in [1.29, 1.82) is 0 Å². The van der Waals surface area contributed by atoms with Crippen LogP contribution in [0.4, 0.5) is 5.82 Å². The van der Waals surface area contributed by atoms with E-state index in [2.05, 4.69) is 26.3 Å². The summed E-state index contributed by atoms with van der Waals surface area (Å²) in [5, 5.41) is 9.23. The first-order valence-corrected chi connectivity index (χ1v) is 12.2. The van der Waals surface area contributed by atoms with Gasteiger partial charge in [0.1, 0.15) is 29.3 Å². The molecule has 1 saturated heterocycles. The minimum absolute atomic E-state index is 0.441. The Hall–Kier alpha value is -3.75. The Morgan fingerprint density at radius 3 is 2.46 bits per heavy atom. The van der Waals surface area contributed by atoms with Crippen molar-refractivity contribution in [3.63, 3.8) is 0 Å². The number of anilines is 1. The molecule has 0 bridgehead atoms. The average Bonchev–Trinajstić information content (AvgIpc) is 3.31.